The number of amides is 2. The molecule has 0 radical (unpaired) electrons. The van der Waals surface area contributed by atoms with Gasteiger partial charge in [0.25, 0.3) is 0 Å². The van der Waals surface area contributed by atoms with Crippen molar-refractivity contribution in [3.8, 4) is 0 Å². The van der Waals surface area contributed by atoms with Gasteiger partial charge in [0, 0.05) is 6.54 Å². The van der Waals surface area contributed by atoms with Gasteiger partial charge in [-0.3, -0.25) is 0 Å². The molecular weight excluding hydrogens is 315 g/mol. The topological polar surface area (TPSA) is 41.1 Å². The molecule has 2 amide bonds. The van der Waals surface area contributed by atoms with Crippen molar-refractivity contribution < 1.29 is 9.18 Å². The molecule has 1 atom stereocenters. The zero-order chi connectivity index (χ0) is 16.8. The van der Waals surface area contributed by atoms with E-state index in [2.05, 4.69) is 24.5 Å². The Kier molecular flexibility index (Phi) is 5.99. The predicted molar refractivity (Wildman–Crippen MR) is 90.8 cm³/mol. The molecule has 0 aromatic heterocycles. The number of nitrogens with one attached hydrogen (secondary N) is 2. The van der Waals surface area contributed by atoms with Crippen LogP contribution in [0.4, 0.5) is 9.18 Å². The Balaban J connectivity index is 1.95. The number of halogens is 2. The van der Waals surface area contributed by atoms with Gasteiger partial charge in [-0.25, -0.2) is 9.18 Å². The Bertz CT molecular complexity index is 661. The van der Waals surface area contributed by atoms with Gasteiger partial charge in [-0.2, -0.15) is 0 Å². The highest BCUT2D eigenvalue weighted by molar-refractivity contribution is 6.30. The summed E-state index contributed by atoms with van der Waals surface area (Å²) in [5, 5.41) is 5.79. The van der Waals surface area contributed by atoms with E-state index < -0.39 is 5.82 Å². The normalized spacial score (nSPS) is 12.0. The van der Waals surface area contributed by atoms with E-state index >= 15 is 0 Å². The first-order valence-corrected chi connectivity index (χ1v) is 7.88. The number of benzene rings is 2. The molecule has 5 heteroatoms. The summed E-state index contributed by atoms with van der Waals surface area (Å²) in [7, 11) is 0. The van der Waals surface area contributed by atoms with Gasteiger partial charge in [-0.05, 0) is 29.2 Å². The molecule has 2 rings (SSSR count). The van der Waals surface area contributed by atoms with Crippen LogP contribution in [0.25, 0.3) is 0 Å². The van der Waals surface area contributed by atoms with Gasteiger partial charge in [0.05, 0.1) is 11.1 Å². The molecule has 2 aromatic carbocycles. The zero-order valence-electron chi connectivity index (χ0n) is 13.1. The van der Waals surface area contributed by atoms with Crippen molar-refractivity contribution in [3.63, 3.8) is 0 Å². The molecule has 23 heavy (non-hydrogen) atoms. The predicted octanol–water partition coefficient (Wildman–Crippen LogP) is 4.68. The summed E-state index contributed by atoms with van der Waals surface area (Å²) >= 11 is 5.73. The van der Waals surface area contributed by atoms with Crippen LogP contribution in [-0.4, -0.2) is 6.03 Å². The molecule has 0 aliphatic heterocycles. The van der Waals surface area contributed by atoms with Crippen molar-refractivity contribution in [2.24, 2.45) is 5.92 Å². The van der Waals surface area contributed by atoms with Crippen molar-refractivity contribution in [3.05, 3.63) is 70.5 Å². The number of urea groups is 1. The summed E-state index contributed by atoms with van der Waals surface area (Å²) in [5.74, 6) is -0.216. The van der Waals surface area contributed by atoms with Crippen molar-refractivity contribution in [2.45, 2.75) is 26.4 Å². The summed E-state index contributed by atoms with van der Waals surface area (Å²) in [5.41, 5.74) is 1.80. The van der Waals surface area contributed by atoms with Crippen molar-refractivity contribution >= 4 is 17.6 Å². The van der Waals surface area contributed by atoms with Gasteiger partial charge in [0.15, 0.2) is 0 Å². The smallest absolute Gasteiger partial charge is 0.315 e. The van der Waals surface area contributed by atoms with Crippen LogP contribution in [0.1, 0.15) is 31.0 Å². The average Bonchev–Trinajstić information content (AvgIpc) is 2.54. The molecule has 122 valence electrons. The molecule has 0 saturated heterocycles. The Morgan fingerprint density at radius 2 is 1.87 bits per heavy atom. The van der Waals surface area contributed by atoms with E-state index in [0.717, 1.165) is 11.1 Å². The van der Waals surface area contributed by atoms with E-state index in [-0.39, 0.29) is 29.6 Å². The second-order valence-corrected chi connectivity index (χ2v) is 6.12. The molecular formula is C18H20ClFN2O. The quantitative estimate of drug-likeness (QED) is 0.819. The van der Waals surface area contributed by atoms with Gasteiger partial charge in [0.1, 0.15) is 5.82 Å². The van der Waals surface area contributed by atoms with Gasteiger partial charge >= 0.3 is 6.03 Å². The SMILES string of the molecule is CC(C)C(NC(=O)NCc1ccc(F)c(Cl)c1)c1ccccc1. The Morgan fingerprint density at radius 3 is 2.48 bits per heavy atom. The minimum atomic E-state index is -0.469. The fraction of sp³-hybridized carbons (Fsp3) is 0.278. The molecule has 0 aliphatic carbocycles. The minimum absolute atomic E-state index is 0.0500. The van der Waals surface area contributed by atoms with E-state index in [1.54, 1.807) is 6.07 Å². The Labute approximate surface area is 140 Å². The standard InChI is InChI=1S/C18H20ClFN2O/c1-12(2)17(14-6-4-3-5-7-14)22-18(23)21-11-13-8-9-16(20)15(19)10-13/h3-10,12,17H,11H2,1-2H3,(H2,21,22,23). The van der Waals surface area contributed by atoms with Crippen LogP contribution in [0.15, 0.2) is 48.5 Å². The molecule has 3 nitrogen and oxygen atoms in total. The van der Waals surface area contributed by atoms with Crippen LogP contribution >= 0.6 is 11.6 Å². The van der Waals surface area contributed by atoms with E-state index in [9.17, 15) is 9.18 Å². The average molecular weight is 335 g/mol. The number of rotatable bonds is 5. The number of hydrogen-bond donors (Lipinski definition) is 2. The maximum Gasteiger partial charge on any atom is 0.315 e. The van der Waals surface area contributed by atoms with E-state index in [1.807, 2.05) is 30.3 Å². The van der Waals surface area contributed by atoms with Crippen molar-refractivity contribution in [1.82, 2.24) is 10.6 Å². The third kappa shape index (κ3) is 4.96. The third-order valence-corrected chi connectivity index (χ3v) is 3.84. The zero-order valence-corrected chi connectivity index (χ0v) is 13.9. The summed E-state index contributed by atoms with van der Waals surface area (Å²) in [6, 6.07) is 13.9. The molecule has 0 spiro atoms. The molecule has 2 N–H and O–H groups in total. The maximum absolute atomic E-state index is 13.1. The summed E-state index contributed by atoms with van der Waals surface area (Å²) in [6.45, 7) is 4.39. The fourth-order valence-corrected chi connectivity index (χ4v) is 2.52. The van der Waals surface area contributed by atoms with Gasteiger partial charge in [0.2, 0.25) is 0 Å². The Morgan fingerprint density at radius 1 is 1.17 bits per heavy atom. The largest absolute Gasteiger partial charge is 0.334 e. The maximum atomic E-state index is 13.1. The van der Waals surface area contributed by atoms with Crippen molar-refractivity contribution in [2.75, 3.05) is 0 Å². The third-order valence-electron chi connectivity index (χ3n) is 3.55. The van der Waals surface area contributed by atoms with Gasteiger partial charge in [-0.15, -0.1) is 0 Å². The molecule has 0 fully saturated rings. The van der Waals surface area contributed by atoms with E-state index in [0.29, 0.717) is 0 Å². The van der Waals surface area contributed by atoms with E-state index in [4.69, 9.17) is 11.6 Å². The summed E-state index contributed by atoms with van der Waals surface area (Å²) in [6.07, 6.45) is 0. The number of hydrogen-bond acceptors (Lipinski definition) is 1. The molecule has 2 aromatic rings. The monoisotopic (exact) mass is 334 g/mol. The lowest BCUT2D eigenvalue weighted by atomic mass is 9.96. The lowest BCUT2D eigenvalue weighted by Crippen LogP contribution is -2.39. The molecule has 0 bridgehead atoms. The highest BCUT2D eigenvalue weighted by Crippen LogP contribution is 2.21. The first kappa shape index (κ1) is 17.3. The molecule has 0 aliphatic rings. The molecule has 1 unspecified atom stereocenters. The lowest BCUT2D eigenvalue weighted by molar-refractivity contribution is 0.232. The number of carbonyl (C=O) groups excluding carboxylic acids is 1. The second kappa shape index (κ2) is 7.97. The Hall–Kier alpha value is -2.07. The highest BCUT2D eigenvalue weighted by atomic mass is 35.5. The van der Waals surface area contributed by atoms with Crippen LogP contribution in [-0.2, 0) is 6.54 Å². The van der Waals surface area contributed by atoms with Crippen LogP contribution in [0.2, 0.25) is 5.02 Å². The fourth-order valence-electron chi connectivity index (χ4n) is 2.32. The first-order valence-electron chi connectivity index (χ1n) is 7.50. The van der Waals surface area contributed by atoms with Gasteiger partial charge < -0.3 is 10.6 Å². The molecule has 0 heterocycles. The minimum Gasteiger partial charge on any atom is -0.334 e. The summed E-state index contributed by atoms with van der Waals surface area (Å²) < 4.78 is 13.1. The first-order chi connectivity index (χ1) is 11.0. The van der Waals surface area contributed by atoms with Crippen LogP contribution in [0.3, 0.4) is 0 Å². The highest BCUT2D eigenvalue weighted by Gasteiger charge is 2.17. The van der Waals surface area contributed by atoms with Crippen LogP contribution < -0.4 is 10.6 Å². The molecule has 0 saturated carbocycles. The lowest BCUT2D eigenvalue weighted by Gasteiger charge is -2.23. The van der Waals surface area contributed by atoms with Crippen LogP contribution in [0, 0.1) is 11.7 Å². The summed E-state index contributed by atoms with van der Waals surface area (Å²) in [4.78, 5) is 12.1. The van der Waals surface area contributed by atoms with Crippen molar-refractivity contribution in [1.29, 1.82) is 0 Å². The second-order valence-electron chi connectivity index (χ2n) is 5.71. The number of carbonyl (C=O) groups is 1. The van der Waals surface area contributed by atoms with E-state index in [1.165, 1.54) is 12.1 Å². The van der Waals surface area contributed by atoms with Crippen LogP contribution in [0.5, 0.6) is 0 Å². The van der Waals surface area contributed by atoms with Gasteiger partial charge in [-0.1, -0.05) is 61.8 Å².